The minimum Gasteiger partial charge on any atom is -0.466 e. The minimum absolute atomic E-state index is 0.0837. The number of amides is 1. The smallest absolute Gasteiger partial charge is 0.310 e. The molecule has 1 saturated heterocycles. The SMILES string of the molecule is CCOC(=O)[C@@H]1CCCN([C@H](C(=O)Nc2ccc(C)cc2)c2ccccc2)C1. The van der Waals surface area contributed by atoms with Crippen molar-refractivity contribution in [1.29, 1.82) is 0 Å². The first kappa shape index (κ1) is 20.1. The first-order valence-electron chi connectivity index (χ1n) is 9.91. The van der Waals surface area contributed by atoms with Crippen LogP contribution < -0.4 is 5.32 Å². The Kier molecular flexibility index (Phi) is 6.82. The molecule has 3 rings (SSSR count). The molecule has 0 saturated carbocycles. The van der Waals surface area contributed by atoms with Crippen LogP contribution >= 0.6 is 0 Å². The van der Waals surface area contributed by atoms with Crippen LogP contribution in [0, 0.1) is 12.8 Å². The molecule has 0 bridgehead atoms. The molecule has 0 unspecified atom stereocenters. The van der Waals surface area contributed by atoms with Gasteiger partial charge in [-0.05, 0) is 50.9 Å². The highest BCUT2D eigenvalue weighted by atomic mass is 16.5. The van der Waals surface area contributed by atoms with Crippen molar-refractivity contribution in [2.24, 2.45) is 5.92 Å². The normalized spacial score (nSPS) is 18.3. The summed E-state index contributed by atoms with van der Waals surface area (Å²) in [5.41, 5.74) is 2.85. The number of hydrogen-bond donors (Lipinski definition) is 1. The summed E-state index contributed by atoms with van der Waals surface area (Å²) in [6, 6.07) is 17.1. The zero-order valence-electron chi connectivity index (χ0n) is 16.6. The summed E-state index contributed by atoms with van der Waals surface area (Å²) in [5.74, 6) is -0.440. The van der Waals surface area contributed by atoms with Crippen LogP contribution in [0.5, 0.6) is 0 Å². The lowest BCUT2D eigenvalue weighted by atomic mass is 9.94. The van der Waals surface area contributed by atoms with E-state index in [1.54, 1.807) is 0 Å². The first-order chi connectivity index (χ1) is 13.6. The number of aryl methyl sites for hydroxylation is 1. The fraction of sp³-hybridized carbons (Fsp3) is 0.391. The lowest BCUT2D eigenvalue weighted by Gasteiger charge is -2.36. The van der Waals surface area contributed by atoms with Gasteiger partial charge in [-0.1, -0.05) is 48.0 Å². The van der Waals surface area contributed by atoms with Gasteiger partial charge >= 0.3 is 5.97 Å². The Balaban J connectivity index is 1.81. The average Bonchev–Trinajstić information content (AvgIpc) is 2.71. The van der Waals surface area contributed by atoms with Crippen LogP contribution in [-0.4, -0.2) is 36.5 Å². The number of carbonyl (C=O) groups excluding carboxylic acids is 2. The summed E-state index contributed by atoms with van der Waals surface area (Å²) >= 11 is 0. The number of esters is 1. The monoisotopic (exact) mass is 380 g/mol. The van der Waals surface area contributed by atoms with Crippen molar-refractivity contribution in [1.82, 2.24) is 4.90 Å². The largest absolute Gasteiger partial charge is 0.466 e. The zero-order chi connectivity index (χ0) is 19.9. The Morgan fingerprint density at radius 2 is 1.86 bits per heavy atom. The van der Waals surface area contributed by atoms with Gasteiger partial charge < -0.3 is 10.1 Å². The molecule has 5 heteroatoms. The molecule has 148 valence electrons. The van der Waals surface area contributed by atoms with Crippen molar-refractivity contribution < 1.29 is 14.3 Å². The van der Waals surface area contributed by atoms with Crippen molar-refractivity contribution >= 4 is 17.6 Å². The summed E-state index contributed by atoms with van der Waals surface area (Å²) in [7, 11) is 0. The molecule has 2 aromatic carbocycles. The molecule has 5 nitrogen and oxygen atoms in total. The van der Waals surface area contributed by atoms with Crippen LogP contribution in [0.3, 0.4) is 0 Å². The summed E-state index contributed by atoms with van der Waals surface area (Å²) in [6.07, 6.45) is 1.67. The predicted octanol–water partition coefficient (Wildman–Crippen LogP) is 3.95. The number of benzene rings is 2. The van der Waals surface area contributed by atoms with Crippen molar-refractivity contribution in [2.75, 3.05) is 25.0 Å². The number of carbonyl (C=O) groups is 2. The third-order valence-electron chi connectivity index (χ3n) is 5.12. The van der Waals surface area contributed by atoms with Gasteiger partial charge in [-0.15, -0.1) is 0 Å². The summed E-state index contributed by atoms with van der Waals surface area (Å²) in [4.78, 5) is 27.6. The molecule has 1 fully saturated rings. The summed E-state index contributed by atoms with van der Waals surface area (Å²) in [6.45, 7) is 5.52. The van der Waals surface area contributed by atoms with Gasteiger partial charge in [0.25, 0.3) is 0 Å². The number of anilines is 1. The van der Waals surface area contributed by atoms with Gasteiger partial charge in [0.2, 0.25) is 5.91 Å². The number of rotatable bonds is 6. The first-order valence-corrected chi connectivity index (χ1v) is 9.91. The van der Waals surface area contributed by atoms with Crippen LogP contribution in [0.15, 0.2) is 54.6 Å². The van der Waals surface area contributed by atoms with Crippen molar-refractivity contribution in [2.45, 2.75) is 32.7 Å². The van der Waals surface area contributed by atoms with Gasteiger partial charge in [0.05, 0.1) is 12.5 Å². The maximum absolute atomic E-state index is 13.2. The molecule has 0 aliphatic carbocycles. The highest BCUT2D eigenvalue weighted by Crippen LogP contribution is 2.29. The molecule has 1 heterocycles. The van der Waals surface area contributed by atoms with Crippen molar-refractivity contribution in [3.05, 3.63) is 65.7 Å². The number of hydrogen-bond acceptors (Lipinski definition) is 4. The molecule has 1 aliphatic heterocycles. The second kappa shape index (κ2) is 9.51. The van der Waals surface area contributed by atoms with E-state index in [0.29, 0.717) is 13.2 Å². The maximum atomic E-state index is 13.2. The third-order valence-corrected chi connectivity index (χ3v) is 5.12. The van der Waals surface area contributed by atoms with E-state index >= 15 is 0 Å². The van der Waals surface area contributed by atoms with Crippen molar-refractivity contribution in [3.63, 3.8) is 0 Å². The van der Waals surface area contributed by atoms with Gasteiger partial charge in [-0.25, -0.2) is 0 Å². The molecule has 0 radical (unpaired) electrons. The van der Waals surface area contributed by atoms with Crippen molar-refractivity contribution in [3.8, 4) is 0 Å². The van der Waals surface area contributed by atoms with E-state index in [1.807, 2.05) is 68.4 Å². The van der Waals surface area contributed by atoms with E-state index < -0.39 is 6.04 Å². The molecule has 0 spiro atoms. The lowest BCUT2D eigenvalue weighted by molar-refractivity contribution is -0.151. The molecule has 28 heavy (non-hydrogen) atoms. The number of nitrogens with one attached hydrogen (secondary N) is 1. The second-order valence-corrected chi connectivity index (χ2v) is 7.25. The fourth-order valence-corrected chi connectivity index (χ4v) is 3.70. The summed E-state index contributed by atoms with van der Waals surface area (Å²) in [5, 5.41) is 3.04. The molecule has 1 N–H and O–H groups in total. The predicted molar refractivity (Wildman–Crippen MR) is 110 cm³/mol. The minimum atomic E-state index is -0.445. The molecule has 1 amide bonds. The van der Waals surface area contributed by atoms with E-state index in [9.17, 15) is 9.59 Å². The van der Waals surface area contributed by atoms with Crippen LogP contribution in [0.2, 0.25) is 0 Å². The Labute approximate surface area is 166 Å². The fourth-order valence-electron chi connectivity index (χ4n) is 3.70. The van der Waals surface area contributed by atoms with Crippen LogP contribution in [0.4, 0.5) is 5.69 Å². The van der Waals surface area contributed by atoms with Gasteiger partial charge in [0.15, 0.2) is 0 Å². The third kappa shape index (κ3) is 4.98. The van der Waals surface area contributed by atoms with E-state index in [2.05, 4.69) is 10.2 Å². The lowest BCUT2D eigenvalue weighted by Crippen LogP contribution is -2.45. The summed E-state index contributed by atoms with van der Waals surface area (Å²) < 4.78 is 5.22. The molecular formula is C23H28N2O3. The highest BCUT2D eigenvalue weighted by Gasteiger charge is 2.34. The second-order valence-electron chi connectivity index (χ2n) is 7.25. The van der Waals surface area contributed by atoms with Crippen LogP contribution in [0.25, 0.3) is 0 Å². The Morgan fingerprint density at radius 3 is 2.54 bits per heavy atom. The molecule has 1 aliphatic rings. The Hall–Kier alpha value is -2.66. The van der Waals surface area contributed by atoms with E-state index in [1.165, 1.54) is 0 Å². The molecule has 0 aromatic heterocycles. The number of nitrogens with zero attached hydrogens (tertiary/aromatic N) is 1. The number of likely N-dealkylation sites (tertiary alicyclic amines) is 1. The average molecular weight is 380 g/mol. The van der Waals surface area contributed by atoms with E-state index in [-0.39, 0.29) is 17.8 Å². The molecular weight excluding hydrogens is 352 g/mol. The molecule has 2 aromatic rings. The number of ether oxygens (including phenoxy) is 1. The Morgan fingerprint density at radius 1 is 1.14 bits per heavy atom. The van der Waals surface area contributed by atoms with Gasteiger partial charge in [-0.2, -0.15) is 0 Å². The van der Waals surface area contributed by atoms with Crippen LogP contribution in [0.1, 0.15) is 36.9 Å². The van der Waals surface area contributed by atoms with Crippen LogP contribution in [-0.2, 0) is 14.3 Å². The van der Waals surface area contributed by atoms with E-state index in [0.717, 1.165) is 36.2 Å². The number of piperidine rings is 1. The highest BCUT2D eigenvalue weighted by molar-refractivity contribution is 5.95. The Bertz CT molecular complexity index is 789. The zero-order valence-corrected chi connectivity index (χ0v) is 16.6. The molecule has 2 atom stereocenters. The standard InChI is InChI=1S/C23H28N2O3/c1-3-28-23(27)19-10-7-15-25(16-19)21(18-8-5-4-6-9-18)22(26)24-20-13-11-17(2)12-14-20/h4-6,8-9,11-14,19,21H,3,7,10,15-16H2,1-2H3,(H,24,26)/t19-,21+/m1/s1. The van der Waals surface area contributed by atoms with Gasteiger partial charge in [0.1, 0.15) is 6.04 Å². The topological polar surface area (TPSA) is 58.6 Å². The van der Waals surface area contributed by atoms with Gasteiger partial charge in [0, 0.05) is 12.2 Å². The quantitative estimate of drug-likeness (QED) is 0.771. The maximum Gasteiger partial charge on any atom is 0.310 e. The van der Waals surface area contributed by atoms with E-state index in [4.69, 9.17) is 4.74 Å². The van der Waals surface area contributed by atoms with Gasteiger partial charge in [-0.3, -0.25) is 14.5 Å².